The standard InChI is InChI=1S/C14H13Br2NO2S/c1-10-5-3-4-6-13(10)17(2)20(18,19)14-8-7-11(15)9-12(14)16/h3-9H,1-2H3. The van der Waals surface area contributed by atoms with Crippen molar-refractivity contribution in [3.05, 3.63) is 57.0 Å². The van der Waals surface area contributed by atoms with Crippen molar-refractivity contribution < 1.29 is 8.42 Å². The molecule has 106 valence electrons. The minimum absolute atomic E-state index is 0.242. The van der Waals surface area contributed by atoms with E-state index in [0.717, 1.165) is 10.0 Å². The first-order valence-electron chi connectivity index (χ1n) is 5.83. The summed E-state index contributed by atoms with van der Waals surface area (Å²) >= 11 is 6.62. The van der Waals surface area contributed by atoms with Gasteiger partial charge in [-0.05, 0) is 52.7 Å². The summed E-state index contributed by atoms with van der Waals surface area (Å²) in [5.74, 6) is 0. The molecular formula is C14H13Br2NO2S. The SMILES string of the molecule is Cc1ccccc1N(C)S(=O)(=O)c1ccc(Br)cc1Br. The summed E-state index contributed by atoms with van der Waals surface area (Å²) < 4.78 is 28.1. The maximum atomic E-state index is 12.7. The highest BCUT2D eigenvalue weighted by molar-refractivity contribution is 9.11. The summed E-state index contributed by atoms with van der Waals surface area (Å²) in [6.07, 6.45) is 0. The number of sulfonamides is 1. The number of para-hydroxylation sites is 1. The first-order chi connectivity index (χ1) is 9.34. The summed E-state index contributed by atoms with van der Waals surface area (Å²) in [5.41, 5.74) is 1.58. The molecule has 0 aliphatic carbocycles. The van der Waals surface area contributed by atoms with Crippen LogP contribution in [0.15, 0.2) is 56.3 Å². The Morgan fingerprint density at radius 3 is 2.30 bits per heavy atom. The van der Waals surface area contributed by atoms with E-state index < -0.39 is 10.0 Å². The molecular weight excluding hydrogens is 406 g/mol. The fourth-order valence-corrected chi connectivity index (χ4v) is 4.84. The zero-order chi connectivity index (χ0) is 14.9. The Kier molecular flexibility index (Phi) is 4.56. The Morgan fingerprint density at radius 2 is 1.70 bits per heavy atom. The molecule has 6 heteroatoms. The molecule has 3 nitrogen and oxygen atoms in total. The van der Waals surface area contributed by atoms with Gasteiger partial charge in [0, 0.05) is 16.0 Å². The molecule has 0 N–H and O–H groups in total. The molecule has 0 bridgehead atoms. The average molecular weight is 419 g/mol. The van der Waals surface area contributed by atoms with E-state index in [1.807, 2.05) is 25.1 Å². The third-order valence-electron chi connectivity index (χ3n) is 2.99. The number of rotatable bonds is 3. The Balaban J connectivity index is 2.53. The molecule has 0 aromatic heterocycles. The molecule has 0 saturated carbocycles. The van der Waals surface area contributed by atoms with E-state index in [-0.39, 0.29) is 4.90 Å². The minimum Gasteiger partial charge on any atom is -0.269 e. The zero-order valence-electron chi connectivity index (χ0n) is 11.0. The van der Waals surface area contributed by atoms with E-state index in [2.05, 4.69) is 31.9 Å². The molecule has 0 heterocycles. The van der Waals surface area contributed by atoms with Crippen LogP contribution in [0.2, 0.25) is 0 Å². The van der Waals surface area contributed by atoms with Crippen molar-refractivity contribution in [2.75, 3.05) is 11.4 Å². The highest BCUT2D eigenvalue weighted by Crippen LogP contribution is 2.30. The predicted molar refractivity (Wildman–Crippen MR) is 88.6 cm³/mol. The summed E-state index contributed by atoms with van der Waals surface area (Å²) in [7, 11) is -2.03. The van der Waals surface area contributed by atoms with E-state index in [9.17, 15) is 8.42 Å². The van der Waals surface area contributed by atoms with Gasteiger partial charge in [0.15, 0.2) is 0 Å². The molecule has 2 aromatic rings. The van der Waals surface area contributed by atoms with Crippen molar-refractivity contribution >= 4 is 47.6 Å². The van der Waals surface area contributed by atoms with Crippen LogP contribution in [0.1, 0.15) is 5.56 Å². The minimum atomic E-state index is -3.60. The highest BCUT2D eigenvalue weighted by atomic mass is 79.9. The lowest BCUT2D eigenvalue weighted by Gasteiger charge is -2.22. The Labute approximate surface area is 135 Å². The summed E-state index contributed by atoms with van der Waals surface area (Å²) in [6, 6.07) is 12.4. The summed E-state index contributed by atoms with van der Waals surface area (Å²) in [4.78, 5) is 0.242. The molecule has 0 aliphatic heterocycles. The van der Waals surface area contributed by atoms with Crippen molar-refractivity contribution in [3.8, 4) is 0 Å². The van der Waals surface area contributed by atoms with Crippen LogP contribution < -0.4 is 4.31 Å². The Morgan fingerprint density at radius 1 is 1.05 bits per heavy atom. The fourth-order valence-electron chi connectivity index (χ4n) is 1.88. The van der Waals surface area contributed by atoms with Gasteiger partial charge in [0.1, 0.15) is 4.90 Å². The van der Waals surface area contributed by atoms with Gasteiger partial charge in [0.05, 0.1) is 5.69 Å². The molecule has 2 aromatic carbocycles. The maximum absolute atomic E-state index is 12.7. The molecule has 0 radical (unpaired) electrons. The lowest BCUT2D eigenvalue weighted by Crippen LogP contribution is -2.27. The van der Waals surface area contributed by atoms with Crippen molar-refractivity contribution in [1.82, 2.24) is 0 Å². The molecule has 0 aliphatic rings. The number of aryl methyl sites for hydroxylation is 1. The van der Waals surface area contributed by atoms with Gasteiger partial charge in [0.25, 0.3) is 10.0 Å². The maximum Gasteiger partial charge on any atom is 0.265 e. The van der Waals surface area contributed by atoms with Gasteiger partial charge in [-0.1, -0.05) is 34.1 Å². The number of hydrogen-bond donors (Lipinski definition) is 0. The fraction of sp³-hybridized carbons (Fsp3) is 0.143. The topological polar surface area (TPSA) is 37.4 Å². The second-order valence-electron chi connectivity index (χ2n) is 4.33. The largest absolute Gasteiger partial charge is 0.269 e. The van der Waals surface area contributed by atoms with Crippen molar-refractivity contribution in [3.63, 3.8) is 0 Å². The van der Waals surface area contributed by atoms with E-state index >= 15 is 0 Å². The van der Waals surface area contributed by atoms with Gasteiger partial charge in [-0.25, -0.2) is 8.42 Å². The Hall–Kier alpha value is -0.850. The number of benzene rings is 2. The van der Waals surface area contributed by atoms with Crippen LogP contribution in [-0.4, -0.2) is 15.5 Å². The van der Waals surface area contributed by atoms with Gasteiger partial charge in [-0.3, -0.25) is 4.31 Å². The van der Waals surface area contributed by atoms with Crippen LogP contribution in [0.25, 0.3) is 0 Å². The lowest BCUT2D eigenvalue weighted by atomic mass is 10.2. The van der Waals surface area contributed by atoms with Crippen LogP contribution in [0, 0.1) is 6.92 Å². The van der Waals surface area contributed by atoms with Crippen LogP contribution in [0.3, 0.4) is 0 Å². The average Bonchev–Trinajstić information content (AvgIpc) is 2.38. The van der Waals surface area contributed by atoms with Gasteiger partial charge in [-0.2, -0.15) is 0 Å². The number of nitrogens with zero attached hydrogens (tertiary/aromatic N) is 1. The molecule has 0 fully saturated rings. The number of hydrogen-bond acceptors (Lipinski definition) is 2. The van der Waals surface area contributed by atoms with Gasteiger partial charge in [0.2, 0.25) is 0 Å². The summed E-state index contributed by atoms with van der Waals surface area (Å²) in [5, 5.41) is 0. The third kappa shape index (κ3) is 2.92. The molecule has 20 heavy (non-hydrogen) atoms. The summed E-state index contributed by atoms with van der Waals surface area (Å²) in [6.45, 7) is 1.89. The zero-order valence-corrected chi connectivity index (χ0v) is 15.0. The smallest absolute Gasteiger partial charge is 0.265 e. The third-order valence-corrected chi connectivity index (χ3v) is 6.23. The van der Waals surface area contributed by atoms with Crippen molar-refractivity contribution in [2.45, 2.75) is 11.8 Å². The van der Waals surface area contributed by atoms with Crippen LogP contribution in [-0.2, 0) is 10.0 Å². The molecule has 0 atom stereocenters. The second kappa shape index (κ2) is 5.87. The van der Waals surface area contributed by atoms with E-state index in [4.69, 9.17) is 0 Å². The van der Waals surface area contributed by atoms with Crippen LogP contribution in [0.4, 0.5) is 5.69 Å². The molecule has 0 saturated heterocycles. The second-order valence-corrected chi connectivity index (χ2v) is 8.04. The van der Waals surface area contributed by atoms with Gasteiger partial charge >= 0.3 is 0 Å². The normalized spacial score (nSPS) is 11.4. The number of halogens is 2. The van der Waals surface area contributed by atoms with E-state index in [1.54, 1.807) is 31.3 Å². The Bertz CT molecular complexity index is 745. The van der Waals surface area contributed by atoms with Crippen molar-refractivity contribution in [2.24, 2.45) is 0 Å². The van der Waals surface area contributed by atoms with Gasteiger partial charge < -0.3 is 0 Å². The number of anilines is 1. The molecule has 0 unspecified atom stereocenters. The highest BCUT2D eigenvalue weighted by Gasteiger charge is 2.24. The first-order valence-corrected chi connectivity index (χ1v) is 8.86. The molecule has 0 amide bonds. The predicted octanol–water partition coefficient (Wildman–Crippen LogP) is 4.35. The van der Waals surface area contributed by atoms with Crippen molar-refractivity contribution in [1.29, 1.82) is 0 Å². The quantitative estimate of drug-likeness (QED) is 0.743. The monoisotopic (exact) mass is 417 g/mol. The van der Waals surface area contributed by atoms with E-state index in [0.29, 0.717) is 10.2 Å². The van der Waals surface area contributed by atoms with Gasteiger partial charge in [-0.15, -0.1) is 0 Å². The van der Waals surface area contributed by atoms with Crippen LogP contribution in [0.5, 0.6) is 0 Å². The molecule has 0 spiro atoms. The molecule has 2 rings (SSSR count). The van der Waals surface area contributed by atoms with Crippen LogP contribution >= 0.6 is 31.9 Å². The first kappa shape index (κ1) is 15.5. The lowest BCUT2D eigenvalue weighted by molar-refractivity contribution is 0.594. The van der Waals surface area contributed by atoms with E-state index in [1.165, 1.54) is 4.31 Å².